The maximum atomic E-state index is 9.09. The fraction of sp³-hybridized carbons (Fsp3) is 1.00. The molecule has 0 radical (unpaired) electrons. The Morgan fingerprint density at radius 2 is 1.11 bits per heavy atom. The van der Waals surface area contributed by atoms with Gasteiger partial charge in [0.1, 0.15) is 0 Å². The summed E-state index contributed by atoms with van der Waals surface area (Å²) >= 11 is 0. The summed E-state index contributed by atoms with van der Waals surface area (Å²) in [6, 6.07) is 0.479. The number of rotatable bonds is 13. The number of hydrogen-bond donors (Lipinski definition) is 2. The number of aliphatic hydroxyl groups excluding tert-OH is 2. The van der Waals surface area contributed by atoms with Crippen LogP contribution in [0.15, 0.2) is 0 Å². The maximum Gasteiger partial charge on any atom is 0.0603 e. The van der Waals surface area contributed by atoms with Crippen molar-refractivity contribution < 1.29 is 10.2 Å². The molecule has 1 aliphatic heterocycles. The van der Waals surface area contributed by atoms with Gasteiger partial charge in [0.2, 0.25) is 0 Å². The van der Waals surface area contributed by atoms with Crippen molar-refractivity contribution in [3.63, 3.8) is 0 Å². The third-order valence-electron chi connectivity index (χ3n) is 4.35. The van der Waals surface area contributed by atoms with Crippen molar-refractivity contribution in [3.8, 4) is 0 Å². The molecule has 0 amide bonds. The van der Waals surface area contributed by atoms with E-state index in [0.717, 1.165) is 6.54 Å². The smallest absolute Gasteiger partial charge is 0.0603 e. The van der Waals surface area contributed by atoms with Crippen molar-refractivity contribution in [2.24, 2.45) is 0 Å². The second-order valence-corrected chi connectivity index (χ2v) is 5.92. The molecule has 1 saturated heterocycles. The molecule has 1 fully saturated rings. The molecule has 2 N–H and O–H groups in total. The highest BCUT2D eigenvalue weighted by atomic mass is 16.3. The SMILES string of the molecule is CCCCCCCCCCCCN1[C@H](CO)[C@@H]1CO. The molecule has 19 heavy (non-hydrogen) atoms. The fourth-order valence-corrected chi connectivity index (χ4v) is 2.96. The van der Waals surface area contributed by atoms with E-state index in [1.165, 1.54) is 64.2 Å². The van der Waals surface area contributed by atoms with Crippen molar-refractivity contribution in [2.45, 2.75) is 83.2 Å². The minimum Gasteiger partial charge on any atom is -0.395 e. The molecule has 1 unspecified atom stereocenters. The van der Waals surface area contributed by atoms with E-state index in [1.54, 1.807) is 0 Å². The van der Waals surface area contributed by atoms with Gasteiger partial charge in [-0.2, -0.15) is 0 Å². The average Bonchev–Trinajstić information content (AvgIpc) is 3.13. The number of unbranched alkanes of at least 4 members (excludes halogenated alkanes) is 9. The van der Waals surface area contributed by atoms with Gasteiger partial charge in [0.05, 0.1) is 25.3 Å². The van der Waals surface area contributed by atoms with Gasteiger partial charge in [-0.25, -0.2) is 0 Å². The largest absolute Gasteiger partial charge is 0.395 e. The van der Waals surface area contributed by atoms with Crippen LogP contribution in [0.25, 0.3) is 0 Å². The summed E-state index contributed by atoms with van der Waals surface area (Å²) in [4.78, 5) is 2.23. The van der Waals surface area contributed by atoms with Crippen LogP contribution in [0.2, 0.25) is 0 Å². The van der Waals surface area contributed by atoms with Crippen LogP contribution < -0.4 is 0 Å². The molecule has 0 aromatic rings. The quantitative estimate of drug-likeness (QED) is 0.400. The summed E-state index contributed by atoms with van der Waals surface area (Å²) in [7, 11) is 0. The molecule has 0 saturated carbocycles. The molecule has 3 atom stereocenters. The van der Waals surface area contributed by atoms with Crippen molar-refractivity contribution >= 4 is 0 Å². The second kappa shape index (κ2) is 10.6. The third kappa shape index (κ3) is 6.73. The molecular formula is C16H33NO2. The van der Waals surface area contributed by atoms with Crippen LogP contribution in [0.5, 0.6) is 0 Å². The first-order valence-corrected chi connectivity index (χ1v) is 8.32. The minimum absolute atomic E-state index is 0.197. The lowest BCUT2D eigenvalue weighted by Crippen LogP contribution is -2.07. The van der Waals surface area contributed by atoms with Gasteiger partial charge in [-0.1, -0.05) is 64.7 Å². The topological polar surface area (TPSA) is 43.5 Å². The molecule has 0 aromatic heterocycles. The van der Waals surface area contributed by atoms with E-state index < -0.39 is 0 Å². The van der Waals surface area contributed by atoms with Crippen LogP contribution in [0, 0.1) is 0 Å². The zero-order valence-electron chi connectivity index (χ0n) is 12.7. The third-order valence-corrected chi connectivity index (χ3v) is 4.35. The molecule has 1 aliphatic rings. The lowest BCUT2D eigenvalue weighted by molar-refractivity contribution is 0.269. The van der Waals surface area contributed by atoms with Crippen molar-refractivity contribution in [3.05, 3.63) is 0 Å². The van der Waals surface area contributed by atoms with Gasteiger partial charge < -0.3 is 10.2 Å². The Morgan fingerprint density at radius 3 is 1.53 bits per heavy atom. The number of hydrogen-bond acceptors (Lipinski definition) is 3. The first-order valence-electron chi connectivity index (χ1n) is 8.32. The molecule has 0 spiro atoms. The van der Waals surface area contributed by atoms with Gasteiger partial charge in [0.15, 0.2) is 0 Å². The van der Waals surface area contributed by atoms with Crippen LogP contribution in [0.1, 0.15) is 71.1 Å². The fourth-order valence-electron chi connectivity index (χ4n) is 2.96. The lowest BCUT2D eigenvalue weighted by Gasteiger charge is -2.04. The molecule has 3 heteroatoms. The van der Waals surface area contributed by atoms with E-state index in [4.69, 9.17) is 10.2 Å². The summed E-state index contributed by atoms with van der Waals surface area (Å²) in [5, 5.41) is 18.2. The van der Waals surface area contributed by atoms with Gasteiger partial charge in [0, 0.05) is 0 Å². The van der Waals surface area contributed by atoms with Gasteiger partial charge in [-0.15, -0.1) is 0 Å². The van der Waals surface area contributed by atoms with E-state index in [0.29, 0.717) is 0 Å². The zero-order valence-corrected chi connectivity index (χ0v) is 12.7. The molecule has 0 aliphatic carbocycles. The highest BCUT2D eigenvalue weighted by molar-refractivity contribution is 5.00. The molecule has 1 rings (SSSR count). The van der Waals surface area contributed by atoms with Gasteiger partial charge >= 0.3 is 0 Å². The van der Waals surface area contributed by atoms with Gasteiger partial charge in [0.25, 0.3) is 0 Å². The van der Waals surface area contributed by atoms with Crippen molar-refractivity contribution in [1.29, 1.82) is 0 Å². The van der Waals surface area contributed by atoms with Gasteiger partial charge in [-0.05, 0) is 13.0 Å². The Kier molecular flexibility index (Phi) is 9.48. The Bertz CT molecular complexity index is 201. The highest BCUT2D eigenvalue weighted by Crippen LogP contribution is 2.27. The zero-order chi connectivity index (χ0) is 13.9. The molecule has 1 heterocycles. The summed E-state index contributed by atoms with van der Waals surface area (Å²) < 4.78 is 0. The summed E-state index contributed by atoms with van der Waals surface area (Å²) in [6.45, 7) is 3.71. The number of aliphatic hydroxyl groups is 2. The highest BCUT2D eigenvalue weighted by Gasteiger charge is 2.45. The average molecular weight is 271 g/mol. The van der Waals surface area contributed by atoms with E-state index >= 15 is 0 Å². The van der Waals surface area contributed by atoms with E-state index in [2.05, 4.69) is 11.8 Å². The van der Waals surface area contributed by atoms with Crippen molar-refractivity contribution in [1.82, 2.24) is 4.90 Å². The minimum atomic E-state index is 0.197. The Balaban J connectivity index is 1.79. The summed E-state index contributed by atoms with van der Waals surface area (Å²) in [5.41, 5.74) is 0. The van der Waals surface area contributed by atoms with E-state index in [9.17, 15) is 0 Å². The van der Waals surface area contributed by atoms with E-state index in [-0.39, 0.29) is 25.3 Å². The molecule has 0 bridgehead atoms. The first-order chi connectivity index (χ1) is 9.35. The number of nitrogens with zero attached hydrogens (tertiary/aromatic N) is 1. The summed E-state index contributed by atoms with van der Waals surface area (Å²) in [5.74, 6) is 0. The lowest BCUT2D eigenvalue weighted by atomic mass is 10.1. The molecule has 0 aromatic carbocycles. The predicted molar refractivity (Wildman–Crippen MR) is 80.3 cm³/mol. The standard InChI is InChI=1S/C16H33NO2/c1-2-3-4-5-6-7-8-9-10-11-12-17-15(13-18)16(17)14-19/h15-16,18-19H,2-14H2,1H3/t15-,16+,17?. The monoisotopic (exact) mass is 271 g/mol. The van der Waals surface area contributed by atoms with Crippen LogP contribution in [0.4, 0.5) is 0 Å². The van der Waals surface area contributed by atoms with E-state index in [1.807, 2.05) is 0 Å². The molecular weight excluding hydrogens is 238 g/mol. The first kappa shape index (κ1) is 16.9. The summed E-state index contributed by atoms with van der Waals surface area (Å²) in [6.07, 6.45) is 13.6. The second-order valence-electron chi connectivity index (χ2n) is 5.92. The van der Waals surface area contributed by atoms with Crippen LogP contribution in [-0.2, 0) is 0 Å². The predicted octanol–water partition coefficient (Wildman–Crippen LogP) is 2.94. The molecule has 3 nitrogen and oxygen atoms in total. The van der Waals surface area contributed by atoms with Crippen LogP contribution in [-0.4, -0.2) is 47.0 Å². The molecule has 114 valence electrons. The normalized spacial score (nSPS) is 25.7. The maximum absolute atomic E-state index is 9.09. The Morgan fingerprint density at radius 1 is 0.684 bits per heavy atom. The van der Waals surface area contributed by atoms with Crippen LogP contribution >= 0.6 is 0 Å². The van der Waals surface area contributed by atoms with Crippen molar-refractivity contribution in [2.75, 3.05) is 19.8 Å². The van der Waals surface area contributed by atoms with Crippen LogP contribution in [0.3, 0.4) is 0 Å². The van der Waals surface area contributed by atoms with Gasteiger partial charge in [-0.3, -0.25) is 4.90 Å². The Hall–Kier alpha value is -0.120. The Labute approximate surface area is 119 Å².